The Hall–Kier alpha value is -0.470. The summed E-state index contributed by atoms with van der Waals surface area (Å²) >= 11 is 8.88. The van der Waals surface area contributed by atoms with Gasteiger partial charge in [0.05, 0.1) is 15.0 Å². The molecule has 1 aromatic carbocycles. The molecule has 8 heteroatoms. The molecule has 1 N–H and O–H groups in total. The first kappa shape index (κ1) is 13.6. The van der Waals surface area contributed by atoms with Crippen molar-refractivity contribution >= 4 is 59.3 Å². The number of Topliss-reactive ketones (excluding diaryl/α,β-unsaturated/α-hetero) is 1. The van der Waals surface area contributed by atoms with Gasteiger partial charge < -0.3 is 5.11 Å². The molecule has 0 heterocycles. The Bertz CT molecular complexity index is 461. The van der Waals surface area contributed by atoms with Gasteiger partial charge in [-0.2, -0.15) is 0 Å². The molecule has 0 amide bonds. The van der Waals surface area contributed by atoms with Crippen LogP contribution in [0.3, 0.4) is 0 Å². The number of carbonyl (C=O) groups excluding carboxylic acids is 1. The normalized spacial score (nSPS) is 10.5. The zero-order chi connectivity index (χ0) is 12.5. The highest BCUT2D eigenvalue weighted by molar-refractivity contribution is 9.25. The Kier molecular flexibility index (Phi) is 4.45. The number of halogens is 3. The largest absolute Gasteiger partial charge is 0.506 e. The van der Waals surface area contributed by atoms with Gasteiger partial charge in [-0.25, -0.2) is 0 Å². The first-order chi connectivity index (χ1) is 7.34. The lowest BCUT2D eigenvalue weighted by atomic mass is 10.1. The molecule has 0 atom stereocenters. The molecule has 0 saturated carbocycles. The number of aromatic hydroxyl groups is 1. The Labute approximate surface area is 115 Å². The summed E-state index contributed by atoms with van der Waals surface area (Å²) in [4.78, 5) is 21.5. The van der Waals surface area contributed by atoms with Crippen molar-refractivity contribution in [3.05, 3.63) is 32.3 Å². The number of rotatable bonds is 3. The number of non-ortho nitro benzene ring substituents is 1. The Morgan fingerprint density at radius 2 is 2.00 bits per heavy atom. The molecule has 0 aliphatic carbocycles. The minimum Gasteiger partial charge on any atom is -0.506 e. The third-order valence-corrected chi connectivity index (χ3v) is 3.16. The predicted octanol–water partition coefficient (Wildman–Crippen LogP) is 3.36. The Morgan fingerprint density at radius 1 is 1.44 bits per heavy atom. The number of phenols is 1. The molecule has 0 radical (unpaired) electrons. The lowest BCUT2D eigenvalue weighted by molar-refractivity contribution is -0.385. The van der Waals surface area contributed by atoms with Crippen LogP contribution >= 0.6 is 47.8 Å². The van der Waals surface area contributed by atoms with E-state index in [1.54, 1.807) is 0 Å². The summed E-state index contributed by atoms with van der Waals surface area (Å²) in [6.45, 7) is 0. The Balaban J connectivity index is 3.38. The number of ketones is 1. The van der Waals surface area contributed by atoms with Gasteiger partial charge in [-0.15, -0.1) is 0 Å². The number of nitrogens with zero attached hydrogens (tertiary/aromatic N) is 1. The summed E-state index contributed by atoms with van der Waals surface area (Å²) in [5.74, 6) is -0.818. The molecule has 5 nitrogen and oxygen atoms in total. The van der Waals surface area contributed by atoms with Crippen LogP contribution in [0.1, 0.15) is 10.4 Å². The van der Waals surface area contributed by atoms with Crippen molar-refractivity contribution < 1.29 is 14.8 Å². The van der Waals surface area contributed by atoms with Gasteiger partial charge in [0.25, 0.3) is 5.69 Å². The molecule has 0 saturated heterocycles. The summed E-state index contributed by atoms with van der Waals surface area (Å²) in [6, 6.07) is 2.15. The van der Waals surface area contributed by atoms with Crippen LogP contribution in [0.5, 0.6) is 5.75 Å². The quantitative estimate of drug-likeness (QED) is 0.354. The number of benzene rings is 1. The maximum Gasteiger partial charge on any atom is 0.271 e. The molecule has 0 aliphatic rings. The molecule has 0 aliphatic heterocycles. The highest BCUT2D eigenvalue weighted by Gasteiger charge is 2.23. The van der Waals surface area contributed by atoms with E-state index in [2.05, 4.69) is 47.8 Å². The maximum atomic E-state index is 11.6. The minimum atomic E-state index is -0.709. The van der Waals surface area contributed by atoms with E-state index in [9.17, 15) is 20.0 Å². The molecule has 0 bridgehead atoms. The molecule has 86 valence electrons. The number of hydrogen-bond acceptors (Lipinski definition) is 4. The number of phenolic OH excluding ortho intramolecular Hbond substituents is 1. The van der Waals surface area contributed by atoms with Crippen molar-refractivity contribution in [2.24, 2.45) is 0 Å². The molecule has 0 fully saturated rings. The summed E-state index contributed by atoms with van der Waals surface area (Å²) in [7, 11) is 0. The number of hydrogen-bond donors (Lipinski definition) is 1. The topological polar surface area (TPSA) is 80.4 Å². The van der Waals surface area contributed by atoms with Gasteiger partial charge in [0.15, 0.2) is 5.78 Å². The second-order valence-electron chi connectivity index (χ2n) is 2.75. The van der Waals surface area contributed by atoms with E-state index in [0.717, 1.165) is 12.1 Å². The molecule has 0 aromatic heterocycles. The van der Waals surface area contributed by atoms with E-state index >= 15 is 0 Å². The van der Waals surface area contributed by atoms with Gasteiger partial charge in [-0.05, 0) is 15.9 Å². The first-order valence-electron chi connectivity index (χ1n) is 3.84. The monoisotopic (exact) mass is 415 g/mol. The molecule has 16 heavy (non-hydrogen) atoms. The van der Waals surface area contributed by atoms with Gasteiger partial charge >= 0.3 is 0 Å². The number of nitro benzene ring substituents is 1. The van der Waals surface area contributed by atoms with Crippen LogP contribution in [0.2, 0.25) is 0 Å². The summed E-state index contributed by atoms with van der Waals surface area (Å²) in [5, 5.41) is 20.2. The fourth-order valence-electron chi connectivity index (χ4n) is 0.996. The van der Waals surface area contributed by atoms with Crippen LogP contribution in [-0.2, 0) is 0 Å². The molecule has 0 spiro atoms. The second kappa shape index (κ2) is 5.24. The Morgan fingerprint density at radius 3 is 2.44 bits per heavy atom. The van der Waals surface area contributed by atoms with Crippen LogP contribution < -0.4 is 0 Å². The molecule has 1 rings (SSSR count). The highest BCUT2D eigenvalue weighted by Crippen LogP contribution is 2.34. The van der Waals surface area contributed by atoms with Crippen LogP contribution in [0, 0.1) is 10.1 Å². The number of alkyl halides is 2. The van der Waals surface area contributed by atoms with Crippen molar-refractivity contribution in [2.45, 2.75) is 3.74 Å². The van der Waals surface area contributed by atoms with E-state index < -0.39 is 14.4 Å². The molecular formula is C8H4Br3NO4. The van der Waals surface area contributed by atoms with E-state index in [4.69, 9.17) is 0 Å². The fourth-order valence-corrected chi connectivity index (χ4v) is 1.94. The second-order valence-corrected chi connectivity index (χ2v) is 6.66. The molecule has 1 aromatic rings. The molecular weight excluding hydrogens is 414 g/mol. The summed E-state index contributed by atoms with van der Waals surface area (Å²) < 4.78 is -0.606. The third-order valence-electron chi connectivity index (χ3n) is 1.72. The fraction of sp³-hybridized carbons (Fsp3) is 0.125. The third kappa shape index (κ3) is 2.80. The van der Waals surface area contributed by atoms with Crippen LogP contribution in [0.15, 0.2) is 16.6 Å². The van der Waals surface area contributed by atoms with E-state index in [-0.39, 0.29) is 21.5 Å². The van der Waals surface area contributed by atoms with Crippen LogP contribution in [-0.4, -0.2) is 19.5 Å². The van der Waals surface area contributed by atoms with Gasteiger partial charge in [0.1, 0.15) is 9.49 Å². The summed E-state index contributed by atoms with van der Waals surface area (Å²) in [6.07, 6.45) is 0. The zero-order valence-corrected chi connectivity index (χ0v) is 12.2. The zero-order valence-electron chi connectivity index (χ0n) is 7.49. The SMILES string of the molecule is O=C(c1cc([N+](=O)[O-])cc(Br)c1O)C(Br)Br. The first-order valence-corrected chi connectivity index (χ1v) is 6.46. The van der Waals surface area contributed by atoms with E-state index in [1.165, 1.54) is 0 Å². The predicted molar refractivity (Wildman–Crippen MR) is 68.4 cm³/mol. The number of nitro groups is 1. The van der Waals surface area contributed by atoms with Crippen LogP contribution in [0.4, 0.5) is 5.69 Å². The average molecular weight is 418 g/mol. The van der Waals surface area contributed by atoms with Crippen molar-refractivity contribution in [3.8, 4) is 5.75 Å². The van der Waals surface area contributed by atoms with E-state index in [1.807, 2.05) is 0 Å². The van der Waals surface area contributed by atoms with Crippen molar-refractivity contribution in [2.75, 3.05) is 0 Å². The van der Waals surface area contributed by atoms with Crippen molar-refractivity contribution in [3.63, 3.8) is 0 Å². The van der Waals surface area contributed by atoms with Crippen LogP contribution in [0.25, 0.3) is 0 Å². The van der Waals surface area contributed by atoms with Gasteiger partial charge in [-0.1, -0.05) is 31.9 Å². The smallest absolute Gasteiger partial charge is 0.271 e. The van der Waals surface area contributed by atoms with Crippen molar-refractivity contribution in [1.29, 1.82) is 0 Å². The minimum absolute atomic E-state index is 0.103. The standard InChI is InChI=1S/C8H4Br3NO4/c9-5-2-3(12(15)16)1-4(6(5)13)7(14)8(10)11/h1-2,8,13H. The molecule has 0 unspecified atom stereocenters. The highest BCUT2D eigenvalue weighted by atomic mass is 79.9. The van der Waals surface area contributed by atoms with Gasteiger partial charge in [0.2, 0.25) is 0 Å². The van der Waals surface area contributed by atoms with Crippen molar-refractivity contribution in [1.82, 2.24) is 0 Å². The van der Waals surface area contributed by atoms with Gasteiger partial charge in [-0.3, -0.25) is 14.9 Å². The average Bonchev–Trinajstić information content (AvgIpc) is 2.20. The van der Waals surface area contributed by atoms with E-state index in [0.29, 0.717) is 0 Å². The summed E-state index contributed by atoms with van der Waals surface area (Å²) in [5.41, 5.74) is -0.395. The maximum absolute atomic E-state index is 11.6. The lowest BCUT2D eigenvalue weighted by Gasteiger charge is -2.06. The number of carbonyl (C=O) groups is 1. The lowest BCUT2D eigenvalue weighted by Crippen LogP contribution is -2.08. The van der Waals surface area contributed by atoms with Gasteiger partial charge in [0, 0.05) is 12.1 Å².